The summed E-state index contributed by atoms with van der Waals surface area (Å²) in [6.07, 6.45) is 0.871. The largest absolute Gasteiger partial charge is 0.379 e. The van der Waals surface area contributed by atoms with Crippen LogP contribution in [0.4, 0.5) is 5.69 Å². The van der Waals surface area contributed by atoms with Gasteiger partial charge in [0.2, 0.25) is 0 Å². The number of halogens is 1. The predicted octanol–water partition coefficient (Wildman–Crippen LogP) is 2.85. The van der Waals surface area contributed by atoms with Gasteiger partial charge in [-0.15, -0.1) is 0 Å². The third-order valence-electron chi connectivity index (χ3n) is 3.87. The van der Waals surface area contributed by atoms with E-state index in [1.165, 1.54) is 12.1 Å². The Labute approximate surface area is 131 Å². The molecule has 1 aromatic rings. The summed E-state index contributed by atoms with van der Waals surface area (Å²) in [6.45, 7) is 3.25. The second kappa shape index (κ2) is 6.53. The molecule has 1 aliphatic rings. The fourth-order valence-corrected chi connectivity index (χ4v) is 2.88. The average Bonchev–Trinajstić information content (AvgIpc) is 2.47. The van der Waals surface area contributed by atoms with Gasteiger partial charge in [0.05, 0.1) is 15.5 Å². The monoisotopic (exact) mass is 356 g/mol. The number of amides is 1. The number of ether oxygens (including phenoxy) is 1. The first-order chi connectivity index (χ1) is 9.93. The van der Waals surface area contributed by atoms with Crippen LogP contribution in [-0.2, 0) is 4.74 Å². The highest BCUT2D eigenvalue weighted by atomic mass is 79.9. The molecule has 1 aliphatic heterocycles. The summed E-state index contributed by atoms with van der Waals surface area (Å²) in [7, 11) is 1.64. The summed E-state index contributed by atoms with van der Waals surface area (Å²) in [5, 5.41) is 10.9. The molecule has 7 heteroatoms. The van der Waals surface area contributed by atoms with Crippen molar-refractivity contribution in [3.63, 3.8) is 0 Å². The topological polar surface area (TPSA) is 72.7 Å². The van der Waals surface area contributed by atoms with Crippen molar-refractivity contribution in [3.05, 3.63) is 38.3 Å². The first-order valence-corrected chi connectivity index (χ1v) is 7.49. The van der Waals surface area contributed by atoms with Crippen LogP contribution in [0.1, 0.15) is 23.7 Å². The fourth-order valence-electron chi connectivity index (χ4n) is 2.49. The second-order valence-electron chi connectivity index (χ2n) is 5.21. The predicted molar refractivity (Wildman–Crippen MR) is 81.3 cm³/mol. The van der Waals surface area contributed by atoms with Crippen LogP contribution >= 0.6 is 15.9 Å². The van der Waals surface area contributed by atoms with Crippen molar-refractivity contribution in [2.24, 2.45) is 5.92 Å². The highest BCUT2D eigenvalue weighted by Crippen LogP contribution is 2.27. The molecule has 1 saturated heterocycles. The third kappa shape index (κ3) is 3.41. The van der Waals surface area contributed by atoms with E-state index in [9.17, 15) is 14.9 Å². The van der Waals surface area contributed by atoms with E-state index in [-0.39, 0.29) is 17.7 Å². The summed E-state index contributed by atoms with van der Waals surface area (Å²) in [5.41, 5.74) is 0.226. The number of hydrogen-bond donors (Lipinski definition) is 0. The van der Waals surface area contributed by atoms with Crippen molar-refractivity contribution in [2.75, 3.05) is 20.2 Å². The molecular weight excluding hydrogens is 340 g/mol. The molecule has 6 nitrogen and oxygen atoms in total. The Morgan fingerprint density at radius 3 is 2.86 bits per heavy atom. The zero-order chi connectivity index (χ0) is 15.6. The summed E-state index contributed by atoms with van der Waals surface area (Å²) in [4.78, 5) is 24.6. The number of rotatable bonds is 3. The van der Waals surface area contributed by atoms with Crippen molar-refractivity contribution in [3.8, 4) is 0 Å². The molecule has 0 aliphatic carbocycles. The lowest BCUT2D eigenvalue weighted by Crippen LogP contribution is -2.46. The van der Waals surface area contributed by atoms with Crippen LogP contribution in [0.15, 0.2) is 22.7 Å². The van der Waals surface area contributed by atoms with Gasteiger partial charge in [-0.05, 0) is 40.4 Å². The van der Waals surface area contributed by atoms with Gasteiger partial charge >= 0.3 is 0 Å². The Bertz CT molecular complexity index is 564. The Balaban J connectivity index is 2.20. The molecule has 2 rings (SSSR count). The van der Waals surface area contributed by atoms with Crippen molar-refractivity contribution >= 4 is 27.5 Å². The summed E-state index contributed by atoms with van der Waals surface area (Å²) < 4.78 is 5.76. The number of piperidine rings is 1. The van der Waals surface area contributed by atoms with Crippen LogP contribution in [0.25, 0.3) is 0 Å². The van der Waals surface area contributed by atoms with E-state index >= 15 is 0 Å². The number of carbonyl (C=O) groups excluding carboxylic acids is 1. The number of nitro benzene ring substituents is 1. The Kier molecular flexibility index (Phi) is 4.95. The van der Waals surface area contributed by atoms with Gasteiger partial charge in [0.1, 0.15) is 0 Å². The van der Waals surface area contributed by atoms with Gasteiger partial charge < -0.3 is 9.64 Å². The van der Waals surface area contributed by atoms with E-state index in [4.69, 9.17) is 4.74 Å². The Morgan fingerprint density at radius 2 is 2.24 bits per heavy atom. The average molecular weight is 357 g/mol. The number of methoxy groups -OCH3 is 1. The second-order valence-corrected chi connectivity index (χ2v) is 6.07. The third-order valence-corrected chi connectivity index (χ3v) is 4.54. The Morgan fingerprint density at radius 1 is 1.52 bits per heavy atom. The van der Waals surface area contributed by atoms with Gasteiger partial charge in [-0.3, -0.25) is 14.9 Å². The summed E-state index contributed by atoms with van der Waals surface area (Å²) in [6, 6.07) is 4.44. The van der Waals surface area contributed by atoms with Crippen LogP contribution in [0.5, 0.6) is 0 Å². The van der Waals surface area contributed by atoms with Crippen molar-refractivity contribution in [1.29, 1.82) is 0 Å². The summed E-state index contributed by atoms with van der Waals surface area (Å²) >= 11 is 3.12. The number of nitrogens with zero attached hydrogens (tertiary/aromatic N) is 2. The van der Waals surface area contributed by atoms with Crippen LogP contribution in [0.2, 0.25) is 0 Å². The maximum Gasteiger partial charge on any atom is 0.284 e. The summed E-state index contributed by atoms with van der Waals surface area (Å²) in [5.74, 6) is 0.206. The first kappa shape index (κ1) is 15.9. The van der Waals surface area contributed by atoms with Crippen LogP contribution in [-0.4, -0.2) is 42.0 Å². The highest BCUT2D eigenvalue weighted by Gasteiger charge is 2.30. The standard InChI is InChI=1S/C14H17BrN2O4/c1-9-5-6-16(8-13(9)21-2)14(18)10-3-4-11(15)12(7-10)17(19)20/h3-4,7,9,13H,5-6,8H2,1-2H3. The van der Waals surface area contributed by atoms with Crippen molar-refractivity contribution < 1.29 is 14.5 Å². The van der Waals surface area contributed by atoms with E-state index in [0.717, 1.165) is 6.42 Å². The quantitative estimate of drug-likeness (QED) is 0.616. The van der Waals surface area contributed by atoms with Gasteiger partial charge in [-0.25, -0.2) is 0 Å². The zero-order valence-corrected chi connectivity index (χ0v) is 13.5. The minimum atomic E-state index is -0.503. The SMILES string of the molecule is COC1CN(C(=O)c2ccc(Br)c([N+](=O)[O-])c2)CCC1C. The lowest BCUT2D eigenvalue weighted by atomic mass is 9.95. The van der Waals surface area contributed by atoms with Crippen LogP contribution in [0, 0.1) is 16.0 Å². The van der Waals surface area contributed by atoms with Crippen LogP contribution in [0.3, 0.4) is 0 Å². The zero-order valence-electron chi connectivity index (χ0n) is 11.9. The van der Waals surface area contributed by atoms with Gasteiger partial charge in [0.25, 0.3) is 11.6 Å². The smallest absolute Gasteiger partial charge is 0.284 e. The van der Waals surface area contributed by atoms with Gasteiger partial charge in [0.15, 0.2) is 0 Å². The molecule has 1 amide bonds. The van der Waals surface area contributed by atoms with Gasteiger partial charge in [-0.1, -0.05) is 6.92 Å². The highest BCUT2D eigenvalue weighted by molar-refractivity contribution is 9.10. The molecular formula is C14H17BrN2O4. The van der Waals surface area contributed by atoms with E-state index < -0.39 is 4.92 Å². The number of hydrogen-bond acceptors (Lipinski definition) is 4. The number of benzene rings is 1. The lowest BCUT2D eigenvalue weighted by Gasteiger charge is -2.36. The lowest BCUT2D eigenvalue weighted by molar-refractivity contribution is -0.385. The van der Waals surface area contributed by atoms with Gasteiger partial charge in [-0.2, -0.15) is 0 Å². The minimum Gasteiger partial charge on any atom is -0.379 e. The van der Waals surface area contributed by atoms with Gasteiger partial charge in [0, 0.05) is 31.8 Å². The molecule has 1 heterocycles. The molecule has 0 saturated carbocycles. The van der Waals surface area contributed by atoms with Crippen molar-refractivity contribution in [2.45, 2.75) is 19.4 Å². The molecule has 114 valence electrons. The fraction of sp³-hybridized carbons (Fsp3) is 0.500. The van der Waals surface area contributed by atoms with E-state index in [0.29, 0.717) is 29.0 Å². The normalized spacial score (nSPS) is 22.1. The molecule has 0 N–H and O–H groups in total. The molecule has 0 radical (unpaired) electrons. The Hall–Kier alpha value is -1.47. The van der Waals surface area contributed by atoms with E-state index in [1.54, 1.807) is 18.1 Å². The van der Waals surface area contributed by atoms with Crippen LogP contribution < -0.4 is 0 Å². The maximum absolute atomic E-state index is 12.5. The maximum atomic E-state index is 12.5. The molecule has 0 spiro atoms. The molecule has 21 heavy (non-hydrogen) atoms. The number of likely N-dealkylation sites (tertiary alicyclic amines) is 1. The van der Waals surface area contributed by atoms with E-state index in [1.807, 2.05) is 0 Å². The molecule has 0 aromatic heterocycles. The minimum absolute atomic E-state index is 0.00753. The molecule has 1 aromatic carbocycles. The number of carbonyl (C=O) groups is 1. The van der Waals surface area contributed by atoms with Crippen molar-refractivity contribution in [1.82, 2.24) is 4.90 Å². The number of nitro groups is 1. The van der Waals surface area contributed by atoms with E-state index in [2.05, 4.69) is 22.9 Å². The molecule has 2 unspecified atom stereocenters. The molecule has 2 atom stereocenters. The molecule has 0 bridgehead atoms. The molecule has 1 fully saturated rings. The first-order valence-electron chi connectivity index (χ1n) is 6.70.